The zero-order chi connectivity index (χ0) is 31.0. The van der Waals surface area contributed by atoms with Crippen LogP contribution in [-0.4, -0.2) is 42.6 Å². The molecular formula is C30H32F6N2O4. The van der Waals surface area contributed by atoms with Crippen molar-refractivity contribution in [2.75, 3.05) is 13.7 Å². The third-order valence-corrected chi connectivity index (χ3v) is 7.48. The summed E-state index contributed by atoms with van der Waals surface area (Å²) >= 11 is 0. The Morgan fingerprint density at radius 3 is 2.21 bits per heavy atom. The van der Waals surface area contributed by atoms with Crippen molar-refractivity contribution in [2.24, 2.45) is 0 Å². The van der Waals surface area contributed by atoms with Gasteiger partial charge in [-0.2, -0.15) is 26.3 Å². The summed E-state index contributed by atoms with van der Waals surface area (Å²) in [6.07, 6.45) is -9.34. The highest BCUT2D eigenvalue weighted by atomic mass is 19.4. The molecule has 1 saturated heterocycles. The summed E-state index contributed by atoms with van der Waals surface area (Å²) < 4.78 is 91.7. The van der Waals surface area contributed by atoms with Crippen LogP contribution in [0.5, 0.6) is 5.75 Å². The van der Waals surface area contributed by atoms with Gasteiger partial charge in [-0.15, -0.1) is 0 Å². The van der Waals surface area contributed by atoms with Gasteiger partial charge in [0.15, 0.2) is 0 Å². The predicted octanol–water partition coefficient (Wildman–Crippen LogP) is 7.78. The number of hydrogen-bond donors (Lipinski definition) is 1. The molecule has 0 bridgehead atoms. The summed E-state index contributed by atoms with van der Waals surface area (Å²) in [5.41, 5.74) is -0.489. The van der Waals surface area contributed by atoms with Crippen molar-refractivity contribution >= 4 is 17.6 Å². The third kappa shape index (κ3) is 6.68. The van der Waals surface area contributed by atoms with Crippen LogP contribution in [0.4, 0.5) is 31.1 Å². The topological polar surface area (TPSA) is 67.9 Å². The number of ether oxygens (including phenoxy) is 2. The number of nitrogens with zero attached hydrogens (tertiary/aromatic N) is 1. The molecule has 12 heteroatoms. The second-order valence-corrected chi connectivity index (χ2v) is 10.8. The van der Waals surface area contributed by atoms with Crippen LogP contribution in [0.2, 0.25) is 0 Å². The number of carbonyl (C=O) groups excluding carboxylic acids is 2. The Morgan fingerprint density at radius 1 is 1.02 bits per heavy atom. The van der Waals surface area contributed by atoms with Crippen LogP contribution in [0.3, 0.4) is 0 Å². The van der Waals surface area contributed by atoms with Crippen LogP contribution in [0.15, 0.2) is 42.0 Å². The van der Waals surface area contributed by atoms with Crippen LogP contribution in [0, 0.1) is 0 Å². The zero-order valence-corrected chi connectivity index (χ0v) is 23.6. The third-order valence-electron chi connectivity index (χ3n) is 7.48. The van der Waals surface area contributed by atoms with Crippen LogP contribution < -0.4 is 10.1 Å². The van der Waals surface area contributed by atoms with Crippen molar-refractivity contribution in [3.05, 3.63) is 69.8 Å². The van der Waals surface area contributed by atoms with Gasteiger partial charge in [-0.1, -0.05) is 0 Å². The molecule has 1 fully saturated rings. The molecule has 2 amide bonds. The van der Waals surface area contributed by atoms with Crippen LogP contribution >= 0.6 is 0 Å². The van der Waals surface area contributed by atoms with Crippen LogP contribution in [-0.2, 0) is 17.1 Å². The van der Waals surface area contributed by atoms with Gasteiger partial charge >= 0.3 is 18.4 Å². The lowest BCUT2D eigenvalue weighted by Gasteiger charge is -2.28. The SMILES string of the molecule is COc1ccc(C(=O)NC(C)C)cc1C1=C(CN2C(=O)O[C@H](c3cc(C(F)(F)F)cc(C(F)(F)F)c3)[C@@H]2C)CCCC1. The number of methoxy groups -OCH3 is 1. The van der Waals surface area contributed by atoms with Gasteiger partial charge in [0.1, 0.15) is 11.9 Å². The highest BCUT2D eigenvalue weighted by Gasteiger charge is 2.43. The highest BCUT2D eigenvalue weighted by molar-refractivity contribution is 5.96. The Hall–Kier alpha value is -3.70. The Bertz CT molecular complexity index is 1350. The van der Waals surface area contributed by atoms with Gasteiger partial charge in [0.25, 0.3) is 5.91 Å². The number of benzene rings is 2. The van der Waals surface area contributed by atoms with Crippen molar-refractivity contribution in [2.45, 2.75) is 77.0 Å². The molecular weight excluding hydrogens is 566 g/mol. The average molecular weight is 599 g/mol. The minimum Gasteiger partial charge on any atom is -0.496 e. The monoisotopic (exact) mass is 598 g/mol. The van der Waals surface area contributed by atoms with E-state index in [0.717, 1.165) is 24.0 Å². The van der Waals surface area contributed by atoms with Crippen molar-refractivity contribution < 1.29 is 45.4 Å². The van der Waals surface area contributed by atoms with Crippen molar-refractivity contribution in [3.8, 4) is 5.75 Å². The van der Waals surface area contributed by atoms with Gasteiger partial charge in [0, 0.05) is 23.7 Å². The van der Waals surface area contributed by atoms with E-state index in [-0.39, 0.29) is 30.1 Å². The number of cyclic esters (lactones) is 1. The minimum absolute atomic E-state index is 0.0464. The quantitative estimate of drug-likeness (QED) is 0.331. The van der Waals surface area contributed by atoms with Crippen LogP contribution in [0.25, 0.3) is 5.57 Å². The molecule has 0 unspecified atom stereocenters. The number of alkyl halides is 6. The molecule has 0 radical (unpaired) electrons. The molecule has 1 aliphatic heterocycles. The molecule has 4 rings (SSSR count). The largest absolute Gasteiger partial charge is 0.496 e. The molecule has 0 spiro atoms. The molecule has 0 aromatic heterocycles. The van der Waals surface area contributed by atoms with E-state index in [0.29, 0.717) is 41.9 Å². The first-order chi connectivity index (χ1) is 19.6. The van der Waals surface area contributed by atoms with Crippen LogP contribution in [0.1, 0.15) is 85.2 Å². The predicted molar refractivity (Wildman–Crippen MR) is 143 cm³/mol. The molecule has 2 atom stereocenters. The molecule has 1 aliphatic carbocycles. The van der Waals surface area contributed by atoms with Crippen molar-refractivity contribution in [1.82, 2.24) is 10.2 Å². The van der Waals surface area contributed by atoms with Crippen molar-refractivity contribution in [1.29, 1.82) is 0 Å². The van der Waals surface area contributed by atoms with Gasteiger partial charge in [-0.3, -0.25) is 9.69 Å². The van der Waals surface area contributed by atoms with Gasteiger partial charge < -0.3 is 14.8 Å². The van der Waals surface area contributed by atoms with E-state index >= 15 is 0 Å². The zero-order valence-electron chi connectivity index (χ0n) is 23.6. The lowest BCUT2D eigenvalue weighted by atomic mass is 9.85. The maximum atomic E-state index is 13.5. The fourth-order valence-electron chi connectivity index (χ4n) is 5.41. The van der Waals surface area contributed by atoms with E-state index in [4.69, 9.17) is 9.47 Å². The number of rotatable bonds is 7. The standard InChI is InChI=1S/C30H32F6N2O4/c1-16(2)37-27(39)18-9-10-25(41-4)24(13-18)23-8-6-5-7-19(23)15-38-17(3)26(42-28(38)40)20-11-21(29(31,32)33)14-22(12-20)30(34,35)36/h9-14,16-17,26H,5-8,15H2,1-4H3,(H,37,39)/t17-,26-/m0/s1. The maximum absolute atomic E-state index is 13.5. The smallest absolute Gasteiger partial charge is 0.416 e. The maximum Gasteiger partial charge on any atom is 0.416 e. The fourth-order valence-corrected chi connectivity index (χ4v) is 5.41. The Morgan fingerprint density at radius 2 is 1.64 bits per heavy atom. The number of halogens is 6. The Balaban J connectivity index is 1.69. The molecule has 0 saturated carbocycles. The minimum atomic E-state index is -5.02. The Labute approximate surface area is 239 Å². The molecule has 2 aromatic carbocycles. The van der Waals surface area contributed by atoms with Gasteiger partial charge in [0.05, 0.1) is 24.3 Å². The first-order valence-corrected chi connectivity index (χ1v) is 13.6. The van der Waals surface area contributed by atoms with E-state index in [2.05, 4.69) is 5.32 Å². The second kappa shape index (κ2) is 11.9. The normalized spacial score (nSPS) is 19.8. The first kappa shape index (κ1) is 31.2. The molecule has 6 nitrogen and oxygen atoms in total. The van der Waals surface area contributed by atoms with E-state index in [1.54, 1.807) is 18.2 Å². The number of carbonyl (C=O) groups is 2. The molecule has 42 heavy (non-hydrogen) atoms. The Kier molecular flexibility index (Phi) is 8.84. The second-order valence-electron chi connectivity index (χ2n) is 10.8. The number of amides is 2. The summed E-state index contributed by atoms with van der Waals surface area (Å²) in [6.45, 7) is 5.28. The van der Waals surface area contributed by atoms with E-state index in [9.17, 15) is 35.9 Å². The van der Waals surface area contributed by atoms with Gasteiger partial charge in [0.2, 0.25) is 0 Å². The fraction of sp³-hybridized carbons (Fsp3) is 0.467. The first-order valence-electron chi connectivity index (χ1n) is 13.6. The average Bonchev–Trinajstić information content (AvgIpc) is 3.20. The lowest BCUT2D eigenvalue weighted by molar-refractivity contribution is -0.143. The summed E-state index contributed by atoms with van der Waals surface area (Å²) in [7, 11) is 1.50. The number of hydrogen-bond acceptors (Lipinski definition) is 4. The van der Waals surface area contributed by atoms with Crippen molar-refractivity contribution in [3.63, 3.8) is 0 Å². The number of allylic oxidation sites excluding steroid dienone is 1. The van der Waals surface area contributed by atoms with Gasteiger partial charge in [-0.05, 0) is 99.6 Å². The van der Waals surface area contributed by atoms with E-state index < -0.39 is 41.7 Å². The molecule has 1 heterocycles. The van der Waals surface area contributed by atoms with Gasteiger partial charge in [-0.25, -0.2) is 4.79 Å². The van der Waals surface area contributed by atoms with E-state index in [1.807, 2.05) is 13.8 Å². The molecule has 2 aliphatic rings. The highest BCUT2D eigenvalue weighted by Crippen LogP contribution is 2.43. The summed E-state index contributed by atoms with van der Waals surface area (Å²) in [5.74, 6) is 0.273. The summed E-state index contributed by atoms with van der Waals surface area (Å²) in [4.78, 5) is 27.0. The summed E-state index contributed by atoms with van der Waals surface area (Å²) in [5, 5.41) is 2.85. The number of nitrogens with one attached hydrogen (secondary N) is 1. The molecule has 2 aromatic rings. The van der Waals surface area contributed by atoms with E-state index in [1.165, 1.54) is 18.9 Å². The molecule has 228 valence electrons. The lowest BCUT2D eigenvalue weighted by Crippen LogP contribution is -2.34. The molecule has 1 N–H and O–H groups in total. The summed E-state index contributed by atoms with van der Waals surface area (Å²) in [6, 6.07) is 5.37.